The normalized spacial score (nSPS) is 25.0. The maximum atomic E-state index is 12.3. The smallest absolute Gasteiger partial charge is 0.279 e. The highest BCUT2D eigenvalue weighted by Gasteiger charge is 2.29. The third-order valence-electron chi connectivity index (χ3n) is 5.38. The zero-order valence-electron chi connectivity index (χ0n) is 14.5. The molecule has 1 aromatic carbocycles. The molecule has 1 fully saturated rings. The molecule has 22 heavy (non-hydrogen) atoms. The minimum Gasteiger partial charge on any atom is -0.336 e. The third kappa shape index (κ3) is 4.10. The van der Waals surface area contributed by atoms with Gasteiger partial charge in [-0.1, -0.05) is 39.0 Å². The molecule has 1 saturated carbocycles. The molecule has 1 aliphatic carbocycles. The van der Waals surface area contributed by atoms with E-state index in [9.17, 15) is 4.79 Å². The Morgan fingerprint density at radius 3 is 2.82 bits per heavy atom. The number of quaternary nitrogens is 1. The molecule has 0 spiro atoms. The maximum absolute atomic E-state index is 12.3. The first-order chi connectivity index (χ1) is 10.5. The van der Waals surface area contributed by atoms with E-state index in [1.54, 1.807) is 0 Å². The molecule has 1 aliphatic rings. The number of carbonyl (C=O) groups excluding carboxylic acids is 1. The molecule has 0 bridgehead atoms. The van der Waals surface area contributed by atoms with Crippen LogP contribution in [0.25, 0.3) is 0 Å². The number of amides is 1. The molecule has 3 nitrogen and oxygen atoms in total. The van der Waals surface area contributed by atoms with Gasteiger partial charge in [0.05, 0.1) is 6.04 Å². The summed E-state index contributed by atoms with van der Waals surface area (Å²) < 4.78 is 0. The van der Waals surface area contributed by atoms with E-state index in [1.807, 2.05) is 0 Å². The van der Waals surface area contributed by atoms with Crippen molar-refractivity contribution in [2.24, 2.45) is 11.8 Å². The van der Waals surface area contributed by atoms with Crippen molar-refractivity contribution in [2.75, 3.05) is 11.9 Å². The molecule has 3 N–H and O–H groups in total. The highest BCUT2D eigenvalue weighted by molar-refractivity contribution is 5.93. The van der Waals surface area contributed by atoms with E-state index < -0.39 is 0 Å². The van der Waals surface area contributed by atoms with Gasteiger partial charge >= 0.3 is 0 Å². The van der Waals surface area contributed by atoms with Crippen LogP contribution in [0.15, 0.2) is 18.2 Å². The summed E-state index contributed by atoms with van der Waals surface area (Å²) in [6.07, 6.45) is 4.81. The van der Waals surface area contributed by atoms with Crippen LogP contribution in [0.2, 0.25) is 0 Å². The molecule has 2 rings (SSSR count). The van der Waals surface area contributed by atoms with Crippen molar-refractivity contribution >= 4 is 11.6 Å². The van der Waals surface area contributed by atoms with E-state index >= 15 is 0 Å². The first-order valence-corrected chi connectivity index (χ1v) is 8.74. The van der Waals surface area contributed by atoms with Crippen LogP contribution in [-0.4, -0.2) is 18.5 Å². The van der Waals surface area contributed by atoms with Gasteiger partial charge in [0.2, 0.25) is 0 Å². The molecule has 1 amide bonds. The van der Waals surface area contributed by atoms with Gasteiger partial charge in [-0.3, -0.25) is 4.79 Å². The van der Waals surface area contributed by atoms with E-state index in [0.29, 0.717) is 18.5 Å². The average Bonchev–Trinajstić information content (AvgIpc) is 2.50. The average molecular weight is 303 g/mol. The lowest BCUT2D eigenvalue weighted by atomic mass is 9.78. The second kappa shape index (κ2) is 7.77. The molecule has 0 unspecified atom stereocenters. The van der Waals surface area contributed by atoms with Crippen molar-refractivity contribution in [1.82, 2.24) is 0 Å². The summed E-state index contributed by atoms with van der Waals surface area (Å²) in [4.78, 5) is 12.3. The van der Waals surface area contributed by atoms with E-state index in [1.165, 1.54) is 24.8 Å². The Kier molecular flexibility index (Phi) is 6.01. The van der Waals surface area contributed by atoms with Crippen molar-refractivity contribution in [1.29, 1.82) is 0 Å². The van der Waals surface area contributed by atoms with Gasteiger partial charge in [-0.05, 0) is 49.7 Å². The molecule has 3 heteroatoms. The molecule has 0 heterocycles. The fourth-order valence-corrected chi connectivity index (χ4v) is 3.61. The number of anilines is 1. The molecule has 0 radical (unpaired) electrons. The molecular weight excluding hydrogens is 272 g/mol. The summed E-state index contributed by atoms with van der Waals surface area (Å²) in [6, 6.07) is 6.80. The molecule has 3 atom stereocenters. The number of hydrogen-bond acceptors (Lipinski definition) is 1. The number of nitrogens with two attached hydrogens (primary N) is 1. The minimum absolute atomic E-state index is 0.120. The predicted molar refractivity (Wildman–Crippen MR) is 91.9 cm³/mol. The molecule has 0 aromatic heterocycles. The number of rotatable bonds is 5. The topological polar surface area (TPSA) is 45.7 Å². The van der Waals surface area contributed by atoms with Crippen LogP contribution in [0.5, 0.6) is 0 Å². The first-order valence-electron chi connectivity index (χ1n) is 8.74. The minimum atomic E-state index is 0.120. The van der Waals surface area contributed by atoms with Gasteiger partial charge < -0.3 is 10.6 Å². The summed E-state index contributed by atoms with van der Waals surface area (Å²) in [5, 5.41) is 5.37. The zero-order chi connectivity index (χ0) is 16.1. The number of nitrogens with one attached hydrogen (secondary N) is 1. The summed E-state index contributed by atoms with van der Waals surface area (Å²) in [5.74, 6) is 1.60. The SMILES string of the molecule is CCc1cccc(C)c1NC(=O)C[NH2+][C@H]1CCC[C@@H](C)[C@@H]1C. The van der Waals surface area contributed by atoms with E-state index in [2.05, 4.69) is 56.5 Å². The van der Waals surface area contributed by atoms with Gasteiger partial charge in [-0.25, -0.2) is 0 Å². The van der Waals surface area contributed by atoms with Gasteiger partial charge in [-0.15, -0.1) is 0 Å². The van der Waals surface area contributed by atoms with Crippen LogP contribution in [0.1, 0.15) is 51.2 Å². The Bertz CT molecular complexity index is 512. The van der Waals surface area contributed by atoms with Crippen molar-refractivity contribution < 1.29 is 10.1 Å². The molecule has 1 aromatic rings. The van der Waals surface area contributed by atoms with Gasteiger partial charge in [0.1, 0.15) is 0 Å². The van der Waals surface area contributed by atoms with Gasteiger partial charge in [0.25, 0.3) is 5.91 Å². The molecule has 0 saturated heterocycles. The standard InChI is InChI=1S/C19H30N2O/c1-5-16-10-6-9-14(3)19(16)21-18(22)12-20-17-11-7-8-13(2)15(17)4/h6,9-10,13,15,17,20H,5,7-8,11-12H2,1-4H3,(H,21,22)/p+1/t13-,15+,17+/m1/s1. The zero-order valence-corrected chi connectivity index (χ0v) is 14.5. The Balaban J connectivity index is 1.91. The Labute approximate surface area is 134 Å². The number of aryl methyl sites for hydroxylation is 2. The van der Waals surface area contributed by atoms with E-state index in [4.69, 9.17) is 0 Å². The van der Waals surface area contributed by atoms with Crippen molar-refractivity contribution in [3.8, 4) is 0 Å². The van der Waals surface area contributed by atoms with Gasteiger partial charge in [0.15, 0.2) is 6.54 Å². The van der Waals surface area contributed by atoms with Crippen LogP contribution >= 0.6 is 0 Å². The van der Waals surface area contributed by atoms with Gasteiger partial charge in [0, 0.05) is 11.6 Å². The van der Waals surface area contributed by atoms with Crippen LogP contribution in [0, 0.1) is 18.8 Å². The molecule has 122 valence electrons. The van der Waals surface area contributed by atoms with Crippen molar-refractivity contribution in [3.63, 3.8) is 0 Å². The number of benzene rings is 1. The van der Waals surface area contributed by atoms with E-state index in [-0.39, 0.29) is 5.91 Å². The van der Waals surface area contributed by atoms with Crippen molar-refractivity contribution in [3.05, 3.63) is 29.3 Å². The lowest BCUT2D eigenvalue weighted by Gasteiger charge is -2.32. The maximum Gasteiger partial charge on any atom is 0.279 e. The van der Waals surface area contributed by atoms with Gasteiger partial charge in [-0.2, -0.15) is 0 Å². The van der Waals surface area contributed by atoms with Crippen LogP contribution in [0.3, 0.4) is 0 Å². The van der Waals surface area contributed by atoms with Crippen LogP contribution < -0.4 is 10.6 Å². The largest absolute Gasteiger partial charge is 0.336 e. The quantitative estimate of drug-likeness (QED) is 0.863. The fourth-order valence-electron chi connectivity index (χ4n) is 3.61. The fraction of sp³-hybridized carbons (Fsp3) is 0.632. The monoisotopic (exact) mass is 303 g/mol. The molecular formula is C19H31N2O+. The second-order valence-electron chi connectivity index (χ2n) is 6.88. The lowest BCUT2D eigenvalue weighted by Crippen LogP contribution is -2.93. The summed E-state index contributed by atoms with van der Waals surface area (Å²) in [7, 11) is 0. The van der Waals surface area contributed by atoms with E-state index in [0.717, 1.165) is 23.6 Å². The number of hydrogen-bond donors (Lipinski definition) is 2. The number of para-hydroxylation sites is 1. The Hall–Kier alpha value is -1.35. The van der Waals surface area contributed by atoms with Crippen LogP contribution in [0.4, 0.5) is 5.69 Å². The molecule has 0 aliphatic heterocycles. The Morgan fingerprint density at radius 2 is 2.09 bits per heavy atom. The highest BCUT2D eigenvalue weighted by atomic mass is 16.1. The number of carbonyl (C=O) groups is 1. The second-order valence-corrected chi connectivity index (χ2v) is 6.88. The first kappa shape index (κ1) is 17.0. The third-order valence-corrected chi connectivity index (χ3v) is 5.38. The summed E-state index contributed by atoms with van der Waals surface area (Å²) in [6.45, 7) is 9.38. The van der Waals surface area contributed by atoms with Crippen molar-refractivity contribution in [2.45, 2.75) is 59.4 Å². The van der Waals surface area contributed by atoms with Crippen LogP contribution in [-0.2, 0) is 11.2 Å². The summed E-state index contributed by atoms with van der Waals surface area (Å²) >= 11 is 0. The highest BCUT2D eigenvalue weighted by Crippen LogP contribution is 2.27. The summed E-state index contributed by atoms with van der Waals surface area (Å²) in [5.41, 5.74) is 3.37. The Morgan fingerprint density at radius 1 is 1.32 bits per heavy atom. The predicted octanol–water partition coefficient (Wildman–Crippen LogP) is 2.88. The lowest BCUT2D eigenvalue weighted by molar-refractivity contribution is -0.688.